The molecule has 4 rings (SSSR count). The van der Waals surface area contributed by atoms with Crippen LogP contribution in [0.5, 0.6) is 0 Å². The van der Waals surface area contributed by atoms with Crippen LogP contribution in [0.4, 0.5) is 4.79 Å². The Hall–Kier alpha value is -3.68. The van der Waals surface area contributed by atoms with E-state index in [2.05, 4.69) is 16.0 Å². The summed E-state index contributed by atoms with van der Waals surface area (Å²) in [4.78, 5) is 56.1. The molecule has 13 nitrogen and oxygen atoms in total. The first-order chi connectivity index (χ1) is 22.1. The van der Waals surface area contributed by atoms with Crippen LogP contribution < -0.4 is 5.32 Å². The highest BCUT2D eigenvalue weighted by Gasteiger charge is 2.37. The lowest BCUT2D eigenvalue weighted by atomic mass is 9.83. The van der Waals surface area contributed by atoms with Gasteiger partial charge in [0, 0.05) is 61.9 Å². The minimum Gasteiger partial charge on any atom is -0.465 e. The number of aromatic nitrogens is 1. The van der Waals surface area contributed by atoms with Crippen molar-refractivity contribution in [3.63, 3.8) is 0 Å². The van der Waals surface area contributed by atoms with Crippen LogP contribution in [0, 0.1) is 12.8 Å². The second kappa shape index (κ2) is 16.8. The first-order valence-corrected chi connectivity index (χ1v) is 16.3. The fourth-order valence-electron chi connectivity index (χ4n) is 6.35. The van der Waals surface area contributed by atoms with Crippen molar-refractivity contribution in [2.75, 3.05) is 66.3 Å². The number of hydrogen-bond acceptors (Lipinski definition) is 7. The summed E-state index contributed by atoms with van der Waals surface area (Å²) in [7, 11) is 1.34. The molecule has 254 valence electrons. The summed E-state index contributed by atoms with van der Waals surface area (Å²) in [5, 5.41) is 21.9. The monoisotopic (exact) mass is 643 g/mol. The van der Waals surface area contributed by atoms with Gasteiger partial charge in [0.05, 0.1) is 33.0 Å². The summed E-state index contributed by atoms with van der Waals surface area (Å²) < 4.78 is 13.0. The number of piperazine rings is 1. The molecular weight excluding hydrogens is 594 g/mol. The maximum absolute atomic E-state index is 13.8. The van der Waals surface area contributed by atoms with Crippen LogP contribution in [0.25, 0.3) is 10.9 Å². The highest BCUT2D eigenvalue weighted by Crippen LogP contribution is 2.28. The molecule has 1 aliphatic carbocycles. The standard InChI is InChI=1S/C33H49N5O8/c1-23-21-27-22-26(9-10-28(27)38(23)15-17-45-19-20-46-18-16-39)31(41)36-11-13-37(14-12-36)32(42)29(25-7-5-4-6-8-25)34-30(40)24(2)35(3)33(43)44/h9-10,21-22,24-25,29,39H,4-8,11-20H2,1-3H3,(H,34,40)(H,43,44). The molecule has 1 saturated heterocycles. The van der Waals surface area contributed by atoms with E-state index in [1.807, 2.05) is 25.1 Å². The average molecular weight is 644 g/mol. The number of carboxylic acid groups (broad SMARTS) is 1. The molecule has 0 radical (unpaired) electrons. The zero-order chi connectivity index (χ0) is 33.2. The number of rotatable bonds is 14. The van der Waals surface area contributed by atoms with Gasteiger partial charge in [0.15, 0.2) is 0 Å². The summed E-state index contributed by atoms with van der Waals surface area (Å²) in [6, 6.07) is 6.11. The van der Waals surface area contributed by atoms with E-state index in [1.165, 1.54) is 14.0 Å². The molecule has 1 aliphatic heterocycles. The van der Waals surface area contributed by atoms with Crippen LogP contribution in [-0.2, 0) is 25.6 Å². The molecule has 2 fully saturated rings. The lowest BCUT2D eigenvalue weighted by Crippen LogP contribution is -2.59. The quantitative estimate of drug-likeness (QED) is 0.265. The molecule has 2 aromatic rings. The summed E-state index contributed by atoms with van der Waals surface area (Å²) in [6.07, 6.45) is 3.51. The minimum absolute atomic E-state index is 0.00676. The fraction of sp³-hybridized carbons (Fsp3) is 0.636. The van der Waals surface area contributed by atoms with Gasteiger partial charge < -0.3 is 39.4 Å². The molecule has 2 atom stereocenters. The Morgan fingerprint density at radius 3 is 2.26 bits per heavy atom. The lowest BCUT2D eigenvalue weighted by Gasteiger charge is -2.39. The third-order valence-corrected chi connectivity index (χ3v) is 9.25. The maximum atomic E-state index is 13.8. The van der Waals surface area contributed by atoms with Crippen molar-refractivity contribution in [2.45, 2.75) is 64.6 Å². The van der Waals surface area contributed by atoms with Gasteiger partial charge in [-0.1, -0.05) is 19.3 Å². The zero-order valence-corrected chi connectivity index (χ0v) is 27.3. The van der Waals surface area contributed by atoms with E-state index in [4.69, 9.17) is 14.6 Å². The summed E-state index contributed by atoms with van der Waals surface area (Å²) in [5.41, 5.74) is 2.67. The SMILES string of the molecule is Cc1cc2cc(C(=O)N3CCN(C(=O)C(NC(=O)C(C)N(C)C(=O)O)C4CCCCC4)CC3)ccc2n1CCOCCOCCO. The number of hydrogen-bond donors (Lipinski definition) is 3. The Kier molecular flexibility index (Phi) is 12.8. The van der Waals surface area contributed by atoms with Gasteiger partial charge in [-0.05, 0) is 56.9 Å². The van der Waals surface area contributed by atoms with E-state index in [9.17, 15) is 24.3 Å². The number of likely N-dealkylation sites (N-methyl/N-ethyl adjacent to an activating group) is 1. The average Bonchev–Trinajstić information content (AvgIpc) is 3.39. The number of fused-ring (bicyclic) bond motifs is 1. The zero-order valence-electron chi connectivity index (χ0n) is 27.3. The molecule has 2 aliphatic rings. The molecule has 1 saturated carbocycles. The van der Waals surface area contributed by atoms with Crippen LogP contribution in [0.1, 0.15) is 55.1 Å². The van der Waals surface area contributed by atoms with Crippen molar-refractivity contribution in [1.29, 1.82) is 0 Å². The molecule has 4 amide bonds. The Bertz CT molecular complexity index is 1350. The summed E-state index contributed by atoms with van der Waals surface area (Å²) in [5.74, 6) is -0.753. The molecule has 2 heterocycles. The number of carbonyl (C=O) groups is 4. The predicted octanol–water partition coefficient (Wildman–Crippen LogP) is 2.32. The Balaban J connectivity index is 1.35. The Morgan fingerprint density at radius 1 is 0.957 bits per heavy atom. The molecule has 1 aromatic heterocycles. The van der Waals surface area contributed by atoms with Crippen molar-refractivity contribution in [3.8, 4) is 0 Å². The van der Waals surface area contributed by atoms with Crippen LogP contribution >= 0.6 is 0 Å². The Morgan fingerprint density at radius 2 is 1.61 bits per heavy atom. The topological polar surface area (TPSA) is 154 Å². The molecule has 13 heteroatoms. The molecule has 0 spiro atoms. The van der Waals surface area contributed by atoms with E-state index in [-0.39, 0.29) is 24.3 Å². The van der Waals surface area contributed by atoms with Crippen LogP contribution in [0.3, 0.4) is 0 Å². The highest BCUT2D eigenvalue weighted by atomic mass is 16.5. The van der Waals surface area contributed by atoms with Gasteiger partial charge >= 0.3 is 6.09 Å². The Labute approximate surface area is 270 Å². The molecule has 0 bridgehead atoms. The predicted molar refractivity (Wildman–Crippen MR) is 172 cm³/mol. The van der Waals surface area contributed by atoms with E-state index in [1.54, 1.807) is 9.80 Å². The molecule has 46 heavy (non-hydrogen) atoms. The van der Waals surface area contributed by atoms with Gasteiger partial charge in [0.2, 0.25) is 11.8 Å². The lowest BCUT2D eigenvalue weighted by molar-refractivity contribution is -0.140. The third-order valence-electron chi connectivity index (χ3n) is 9.25. The number of nitrogens with zero attached hydrogens (tertiary/aromatic N) is 4. The van der Waals surface area contributed by atoms with Crippen molar-refractivity contribution in [2.24, 2.45) is 5.92 Å². The largest absolute Gasteiger partial charge is 0.465 e. The number of nitrogens with one attached hydrogen (secondary N) is 1. The van der Waals surface area contributed by atoms with Gasteiger partial charge in [-0.15, -0.1) is 0 Å². The maximum Gasteiger partial charge on any atom is 0.407 e. The first-order valence-electron chi connectivity index (χ1n) is 16.3. The van der Waals surface area contributed by atoms with Crippen LogP contribution in [0.2, 0.25) is 0 Å². The van der Waals surface area contributed by atoms with Crippen molar-refractivity contribution < 1.29 is 38.9 Å². The van der Waals surface area contributed by atoms with E-state index < -0.39 is 24.1 Å². The van der Waals surface area contributed by atoms with Crippen molar-refractivity contribution in [1.82, 2.24) is 24.6 Å². The molecule has 1 aromatic carbocycles. The molecule has 3 N–H and O–H groups in total. The van der Waals surface area contributed by atoms with Crippen molar-refractivity contribution in [3.05, 3.63) is 35.5 Å². The van der Waals surface area contributed by atoms with E-state index >= 15 is 0 Å². The van der Waals surface area contributed by atoms with E-state index in [0.717, 1.165) is 53.6 Å². The second-order valence-electron chi connectivity index (χ2n) is 12.2. The summed E-state index contributed by atoms with van der Waals surface area (Å²) in [6.45, 7) is 7.37. The van der Waals surface area contributed by atoms with Gasteiger partial charge in [-0.25, -0.2) is 4.79 Å². The summed E-state index contributed by atoms with van der Waals surface area (Å²) >= 11 is 0. The minimum atomic E-state index is -1.21. The number of carbonyl (C=O) groups excluding carboxylic acids is 3. The third kappa shape index (κ3) is 8.77. The number of ether oxygens (including phenoxy) is 2. The smallest absolute Gasteiger partial charge is 0.407 e. The second-order valence-corrected chi connectivity index (χ2v) is 12.2. The number of aryl methyl sites for hydroxylation is 1. The first kappa shape index (κ1) is 35.2. The number of amides is 4. The molecular formula is C33H49N5O8. The highest BCUT2D eigenvalue weighted by molar-refractivity contribution is 5.98. The van der Waals surface area contributed by atoms with Gasteiger partial charge in [-0.2, -0.15) is 0 Å². The van der Waals surface area contributed by atoms with Crippen molar-refractivity contribution >= 4 is 34.7 Å². The molecule has 2 unspecified atom stereocenters. The normalized spacial score (nSPS) is 17.1. The van der Waals surface area contributed by atoms with Crippen LogP contribution in [0.15, 0.2) is 24.3 Å². The fourth-order valence-corrected chi connectivity index (χ4v) is 6.35. The number of aliphatic hydroxyl groups excluding tert-OH is 1. The van der Waals surface area contributed by atoms with Gasteiger partial charge in [-0.3, -0.25) is 19.3 Å². The number of aliphatic hydroxyl groups is 1. The number of benzene rings is 1. The van der Waals surface area contributed by atoms with Gasteiger partial charge in [0.25, 0.3) is 5.91 Å². The van der Waals surface area contributed by atoms with E-state index in [0.29, 0.717) is 64.7 Å². The van der Waals surface area contributed by atoms with Gasteiger partial charge in [0.1, 0.15) is 12.1 Å². The van der Waals surface area contributed by atoms with Crippen LogP contribution in [-0.4, -0.2) is 132 Å².